The van der Waals surface area contributed by atoms with Gasteiger partial charge in [-0.05, 0) is 64.4 Å². The molecule has 1 nitrogen and oxygen atoms in total. The Hall–Kier alpha value is -0.510. The third-order valence-electron chi connectivity index (χ3n) is 2.00. The molecule has 0 atom stereocenters. The minimum absolute atomic E-state index is 0.780. The van der Waals surface area contributed by atoms with Gasteiger partial charge in [0, 0.05) is 5.70 Å². The fourth-order valence-corrected chi connectivity index (χ4v) is 1.34. The van der Waals surface area contributed by atoms with Crippen LogP contribution in [0.25, 0.3) is 0 Å². The molecule has 0 unspecified atom stereocenters. The summed E-state index contributed by atoms with van der Waals surface area (Å²) in [6.45, 7) is 9.57. The van der Waals surface area contributed by atoms with Crippen molar-refractivity contribution in [1.82, 2.24) is 0 Å². The van der Waals surface area contributed by atoms with Crippen molar-refractivity contribution in [3.8, 4) is 0 Å². The zero-order chi connectivity index (χ0) is 11.7. The minimum atomic E-state index is 0.780. The van der Waals surface area contributed by atoms with Gasteiger partial charge in [0.25, 0.3) is 0 Å². The lowest BCUT2D eigenvalue weighted by atomic mass is 10.1. The zero-order valence-electron chi connectivity index (χ0n) is 9.43. The first-order chi connectivity index (χ1) is 7.06. The second kappa shape index (κ2) is 8.77. The molecular formula is C13H20IN. The highest BCUT2D eigenvalue weighted by Crippen LogP contribution is 2.13. The summed E-state index contributed by atoms with van der Waals surface area (Å²) in [6, 6.07) is 0. The number of allylic oxidation sites excluding steroid dienone is 6. The van der Waals surface area contributed by atoms with Crippen LogP contribution in [0.2, 0.25) is 0 Å². The van der Waals surface area contributed by atoms with Crippen LogP contribution in [0.1, 0.15) is 32.6 Å². The van der Waals surface area contributed by atoms with Gasteiger partial charge in [-0.1, -0.05) is 31.4 Å². The van der Waals surface area contributed by atoms with Crippen LogP contribution in [-0.4, -0.2) is 0 Å². The fourth-order valence-electron chi connectivity index (χ4n) is 1.16. The van der Waals surface area contributed by atoms with E-state index in [2.05, 4.69) is 54.8 Å². The first-order valence-corrected chi connectivity index (χ1v) is 6.22. The molecule has 0 aromatic heterocycles. The van der Waals surface area contributed by atoms with Gasteiger partial charge in [0.15, 0.2) is 0 Å². The molecule has 0 radical (unpaired) electrons. The molecule has 0 rings (SSSR count). The standard InChI is InChI=1S/C13H20IN/c1-4-13(10-9-11(2)14)8-6-5-7-12(3)15/h4,9-10H,1,3,5-8,15H2,2H3/b11-9+,13-10+. The molecule has 0 aliphatic rings. The Bertz CT molecular complexity index is 270. The molecule has 2 heteroatoms. The summed E-state index contributed by atoms with van der Waals surface area (Å²) in [5.74, 6) is 0. The van der Waals surface area contributed by atoms with Gasteiger partial charge in [0.2, 0.25) is 0 Å². The van der Waals surface area contributed by atoms with Gasteiger partial charge >= 0.3 is 0 Å². The molecule has 0 fully saturated rings. The van der Waals surface area contributed by atoms with Crippen LogP contribution in [0, 0.1) is 0 Å². The van der Waals surface area contributed by atoms with E-state index >= 15 is 0 Å². The van der Waals surface area contributed by atoms with Crippen LogP contribution in [0.3, 0.4) is 0 Å². The van der Waals surface area contributed by atoms with Gasteiger partial charge in [-0.3, -0.25) is 0 Å². The quantitative estimate of drug-likeness (QED) is 0.418. The molecule has 0 heterocycles. The van der Waals surface area contributed by atoms with Crippen LogP contribution >= 0.6 is 22.6 Å². The lowest BCUT2D eigenvalue weighted by molar-refractivity contribution is 0.729. The molecule has 0 aliphatic carbocycles. The summed E-state index contributed by atoms with van der Waals surface area (Å²) in [6.07, 6.45) is 10.4. The van der Waals surface area contributed by atoms with Gasteiger partial charge in [-0.2, -0.15) is 0 Å². The summed E-state index contributed by atoms with van der Waals surface area (Å²) in [5, 5.41) is 0. The van der Waals surface area contributed by atoms with E-state index in [4.69, 9.17) is 5.73 Å². The van der Waals surface area contributed by atoms with Crippen LogP contribution in [0.5, 0.6) is 0 Å². The summed E-state index contributed by atoms with van der Waals surface area (Å²) in [7, 11) is 0. The molecule has 0 aromatic rings. The number of rotatable bonds is 7. The SMILES string of the molecule is C=C/C(=C\C=C(/C)I)CCCCC(=C)N. The van der Waals surface area contributed by atoms with Crippen molar-refractivity contribution in [2.45, 2.75) is 32.6 Å². The van der Waals surface area contributed by atoms with Crippen molar-refractivity contribution in [1.29, 1.82) is 0 Å². The molecule has 0 saturated heterocycles. The van der Waals surface area contributed by atoms with Crippen molar-refractivity contribution in [3.05, 3.63) is 46.2 Å². The third kappa shape index (κ3) is 9.79. The second-order valence-corrected chi connectivity index (χ2v) is 5.27. The van der Waals surface area contributed by atoms with Crippen molar-refractivity contribution in [3.63, 3.8) is 0 Å². The largest absolute Gasteiger partial charge is 0.403 e. The van der Waals surface area contributed by atoms with E-state index in [0.29, 0.717) is 0 Å². The Morgan fingerprint density at radius 3 is 2.33 bits per heavy atom. The molecule has 15 heavy (non-hydrogen) atoms. The highest BCUT2D eigenvalue weighted by atomic mass is 127. The van der Waals surface area contributed by atoms with E-state index in [0.717, 1.165) is 31.4 Å². The Balaban J connectivity index is 3.91. The third-order valence-corrected chi connectivity index (χ3v) is 2.36. The van der Waals surface area contributed by atoms with Crippen LogP contribution < -0.4 is 5.73 Å². The van der Waals surface area contributed by atoms with Crippen molar-refractivity contribution < 1.29 is 0 Å². The van der Waals surface area contributed by atoms with Crippen LogP contribution in [0.15, 0.2) is 46.2 Å². The van der Waals surface area contributed by atoms with Crippen molar-refractivity contribution in [2.75, 3.05) is 0 Å². The molecule has 0 spiro atoms. The van der Waals surface area contributed by atoms with E-state index in [-0.39, 0.29) is 0 Å². The zero-order valence-corrected chi connectivity index (χ0v) is 11.6. The molecule has 0 amide bonds. The average Bonchev–Trinajstić information content (AvgIpc) is 2.16. The molecule has 2 N–H and O–H groups in total. The summed E-state index contributed by atoms with van der Waals surface area (Å²) < 4.78 is 1.28. The fraction of sp³-hybridized carbons (Fsp3) is 0.385. The van der Waals surface area contributed by atoms with Gasteiger partial charge in [-0.15, -0.1) is 0 Å². The van der Waals surface area contributed by atoms with E-state index in [1.807, 2.05) is 6.08 Å². The summed E-state index contributed by atoms with van der Waals surface area (Å²) in [5.41, 5.74) is 7.57. The van der Waals surface area contributed by atoms with Gasteiger partial charge in [0.1, 0.15) is 0 Å². The summed E-state index contributed by atoms with van der Waals surface area (Å²) >= 11 is 2.30. The normalized spacial score (nSPS) is 12.7. The van der Waals surface area contributed by atoms with Gasteiger partial charge in [0.05, 0.1) is 0 Å². The maximum Gasteiger partial charge on any atom is 0.000744 e. The molecule has 0 saturated carbocycles. The molecule has 0 aromatic carbocycles. The highest BCUT2D eigenvalue weighted by molar-refractivity contribution is 14.1. The lowest BCUT2D eigenvalue weighted by Gasteiger charge is -2.01. The maximum atomic E-state index is 5.50. The first kappa shape index (κ1) is 14.5. The predicted molar refractivity (Wildman–Crippen MR) is 77.9 cm³/mol. The Labute approximate surface area is 107 Å². The number of hydrogen-bond acceptors (Lipinski definition) is 1. The topological polar surface area (TPSA) is 26.0 Å². The van der Waals surface area contributed by atoms with E-state index in [1.54, 1.807) is 0 Å². The Morgan fingerprint density at radius 2 is 1.87 bits per heavy atom. The maximum absolute atomic E-state index is 5.50. The number of halogens is 1. The molecule has 0 bridgehead atoms. The van der Waals surface area contributed by atoms with Crippen LogP contribution in [0.4, 0.5) is 0 Å². The number of hydrogen-bond donors (Lipinski definition) is 1. The lowest BCUT2D eigenvalue weighted by Crippen LogP contribution is -1.94. The van der Waals surface area contributed by atoms with E-state index < -0.39 is 0 Å². The number of unbranched alkanes of at least 4 members (excludes halogenated alkanes) is 1. The summed E-state index contributed by atoms with van der Waals surface area (Å²) in [4.78, 5) is 0. The highest BCUT2D eigenvalue weighted by Gasteiger charge is 1.93. The number of nitrogens with two attached hydrogens (primary N) is 1. The van der Waals surface area contributed by atoms with E-state index in [1.165, 1.54) is 9.15 Å². The van der Waals surface area contributed by atoms with Crippen molar-refractivity contribution in [2.24, 2.45) is 5.73 Å². The Morgan fingerprint density at radius 1 is 1.27 bits per heavy atom. The van der Waals surface area contributed by atoms with Gasteiger partial charge < -0.3 is 5.73 Å². The predicted octanol–water partition coefficient (Wildman–Crippen LogP) is 4.47. The molecule has 84 valence electrons. The minimum Gasteiger partial charge on any atom is -0.403 e. The second-order valence-electron chi connectivity index (χ2n) is 3.56. The van der Waals surface area contributed by atoms with Gasteiger partial charge in [-0.25, -0.2) is 0 Å². The monoisotopic (exact) mass is 317 g/mol. The Kier molecular flexibility index (Phi) is 8.47. The first-order valence-electron chi connectivity index (χ1n) is 5.15. The molecule has 0 aliphatic heterocycles. The average molecular weight is 317 g/mol. The van der Waals surface area contributed by atoms with Crippen molar-refractivity contribution >= 4 is 22.6 Å². The van der Waals surface area contributed by atoms with Crippen LogP contribution in [-0.2, 0) is 0 Å². The molecular weight excluding hydrogens is 297 g/mol. The smallest absolute Gasteiger partial charge is 0.000744 e. The van der Waals surface area contributed by atoms with E-state index in [9.17, 15) is 0 Å².